The normalized spacial score (nSPS) is 18.0. The molecule has 1 aromatic carbocycles. The molecule has 8 heteroatoms. The van der Waals surface area contributed by atoms with Crippen molar-refractivity contribution in [3.05, 3.63) is 29.8 Å². The fraction of sp³-hybridized carbons (Fsp3) is 0.556. The van der Waals surface area contributed by atoms with Crippen molar-refractivity contribution < 1.29 is 22.7 Å². The van der Waals surface area contributed by atoms with E-state index in [9.17, 15) is 18.0 Å². The predicted octanol–water partition coefficient (Wildman–Crippen LogP) is 1.56. The number of benzene rings is 1. The molecule has 1 saturated heterocycles. The maximum atomic E-state index is 12.5. The van der Waals surface area contributed by atoms with Gasteiger partial charge in [-0.15, -0.1) is 0 Å². The van der Waals surface area contributed by atoms with Crippen LogP contribution in [0.3, 0.4) is 0 Å². The number of hydrogen-bond acceptors (Lipinski definition) is 5. The zero-order valence-electron chi connectivity index (χ0n) is 15.5. The molecule has 1 amide bonds. The number of likely N-dealkylation sites (N-methyl/N-ethyl adjacent to an activating group) is 1. The third-order valence-corrected chi connectivity index (χ3v) is 6.38. The summed E-state index contributed by atoms with van der Waals surface area (Å²) in [5.74, 6) is -0.990. The molecular weight excluding hydrogens is 356 g/mol. The van der Waals surface area contributed by atoms with Crippen LogP contribution in [0.1, 0.15) is 31.7 Å². The number of hydrogen-bond donors (Lipinski definition) is 0. The molecule has 26 heavy (non-hydrogen) atoms. The van der Waals surface area contributed by atoms with Crippen molar-refractivity contribution in [2.75, 3.05) is 26.7 Å². The van der Waals surface area contributed by atoms with Crippen LogP contribution in [-0.4, -0.2) is 62.3 Å². The summed E-state index contributed by atoms with van der Waals surface area (Å²) in [6.07, 6.45) is 2.98. The number of carbonyl (C=O) groups excluding carboxylic acids is 2. The van der Waals surface area contributed by atoms with E-state index in [1.165, 1.54) is 19.2 Å². The molecular formula is C18H26N2O5S. The summed E-state index contributed by atoms with van der Waals surface area (Å²) in [7, 11) is -2.47. The predicted molar refractivity (Wildman–Crippen MR) is 97.0 cm³/mol. The first-order chi connectivity index (χ1) is 12.2. The summed E-state index contributed by atoms with van der Waals surface area (Å²) >= 11 is 0. The first-order valence-corrected chi connectivity index (χ1v) is 10.1. The topological polar surface area (TPSA) is 84.0 Å². The van der Waals surface area contributed by atoms with Gasteiger partial charge in [0, 0.05) is 19.6 Å². The number of rotatable bonds is 6. The summed E-state index contributed by atoms with van der Waals surface area (Å²) in [5.41, 5.74) is 0.941. The SMILES string of the molecule is Cc1ccc(S(=O)(=O)N(C)CC(=O)OCC(=O)N2CCCC[C@H]2C)cc1. The highest BCUT2D eigenvalue weighted by Crippen LogP contribution is 2.17. The number of ether oxygens (including phenoxy) is 1. The number of esters is 1. The van der Waals surface area contributed by atoms with Crippen molar-refractivity contribution >= 4 is 21.9 Å². The third kappa shape index (κ3) is 5.04. The van der Waals surface area contributed by atoms with Gasteiger partial charge in [-0.1, -0.05) is 17.7 Å². The number of piperidine rings is 1. The van der Waals surface area contributed by atoms with Crippen LogP contribution >= 0.6 is 0 Å². The van der Waals surface area contributed by atoms with Gasteiger partial charge in [-0.2, -0.15) is 4.31 Å². The Labute approximate surface area is 155 Å². The molecule has 1 heterocycles. The molecule has 1 aliphatic rings. The number of nitrogens with zero attached hydrogens (tertiary/aromatic N) is 2. The first-order valence-electron chi connectivity index (χ1n) is 8.70. The maximum Gasteiger partial charge on any atom is 0.321 e. The van der Waals surface area contributed by atoms with Gasteiger partial charge >= 0.3 is 5.97 Å². The fourth-order valence-corrected chi connectivity index (χ4v) is 4.01. The molecule has 2 rings (SSSR count). The highest BCUT2D eigenvalue weighted by Gasteiger charge is 2.26. The minimum atomic E-state index is -3.78. The summed E-state index contributed by atoms with van der Waals surface area (Å²) in [5, 5.41) is 0. The molecule has 0 unspecified atom stereocenters. The van der Waals surface area contributed by atoms with Crippen LogP contribution in [0.15, 0.2) is 29.2 Å². The number of carbonyl (C=O) groups is 2. The maximum absolute atomic E-state index is 12.5. The quantitative estimate of drug-likeness (QED) is 0.697. The van der Waals surface area contributed by atoms with E-state index >= 15 is 0 Å². The van der Waals surface area contributed by atoms with Gasteiger partial charge < -0.3 is 9.64 Å². The van der Waals surface area contributed by atoms with E-state index in [1.807, 2.05) is 13.8 Å². The Bertz CT molecular complexity index is 745. The average Bonchev–Trinajstić information content (AvgIpc) is 2.60. The minimum absolute atomic E-state index is 0.108. The van der Waals surface area contributed by atoms with Crippen molar-refractivity contribution in [3.8, 4) is 0 Å². The van der Waals surface area contributed by atoms with Crippen molar-refractivity contribution in [2.24, 2.45) is 0 Å². The third-order valence-electron chi connectivity index (χ3n) is 4.56. The molecule has 1 aromatic rings. The van der Waals surface area contributed by atoms with E-state index < -0.39 is 22.5 Å². The Kier molecular flexibility index (Phi) is 6.77. The van der Waals surface area contributed by atoms with E-state index in [2.05, 4.69) is 0 Å². The van der Waals surface area contributed by atoms with Crippen molar-refractivity contribution in [1.82, 2.24) is 9.21 Å². The Morgan fingerprint density at radius 1 is 1.23 bits per heavy atom. The van der Waals surface area contributed by atoms with Crippen molar-refractivity contribution in [3.63, 3.8) is 0 Å². The number of aryl methyl sites for hydroxylation is 1. The fourth-order valence-electron chi connectivity index (χ4n) is 2.90. The molecule has 0 aromatic heterocycles. The van der Waals surface area contributed by atoms with Gasteiger partial charge in [-0.05, 0) is 45.2 Å². The van der Waals surface area contributed by atoms with Gasteiger partial charge in [0.05, 0.1) is 4.90 Å². The second-order valence-electron chi connectivity index (χ2n) is 6.67. The van der Waals surface area contributed by atoms with Crippen LogP contribution in [0, 0.1) is 6.92 Å². The summed E-state index contributed by atoms with van der Waals surface area (Å²) < 4.78 is 30.8. The highest BCUT2D eigenvalue weighted by molar-refractivity contribution is 7.89. The zero-order valence-corrected chi connectivity index (χ0v) is 16.3. The van der Waals surface area contributed by atoms with Gasteiger partial charge in [0.2, 0.25) is 10.0 Å². The Hall–Kier alpha value is -1.93. The van der Waals surface area contributed by atoms with Crippen LogP contribution in [0.25, 0.3) is 0 Å². The molecule has 1 aliphatic heterocycles. The number of amides is 1. The van der Waals surface area contributed by atoms with E-state index in [1.54, 1.807) is 17.0 Å². The second kappa shape index (κ2) is 8.64. The molecule has 1 fully saturated rings. The number of sulfonamides is 1. The molecule has 144 valence electrons. The van der Waals surface area contributed by atoms with Gasteiger partial charge in [0.1, 0.15) is 6.54 Å². The van der Waals surface area contributed by atoms with E-state index in [-0.39, 0.29) is 23.5 Å². The zero-order chi connectivity index (χ0) is 19.3. The molecule has 1 atom stereocenters. The van der Waals surface area contributed by atoms with Crippen LogP contribution < -0.4 is 0 Å². The Morgan fingerprint density at radius 2 is 1.88 bits per heavy atom. The van der Waals surface area contributed by atoms with Gasteiger partial charge in [0.25, 0.3) is 5.91 Å². The summed E-state index contributed by atoms with van der Waals surface area (Å²) in [6.45, 7) is 3.69. The monoisotopic (exact) mass is 382 g/mol. The van der Waals surface area contributed by atoms with Crippen molar-refractivity contribution in [2.45, 2.75) is 44.0 Å². The molecule has 0 N–H and O–H groups in total. The summed E-state index contributed by atoms with van der Waals surface area (Å²) in [4.78, 5) is 25.9. The Balaban J connectivity index is 1.88. The van der Waals surface area contributed by atoms with Crippen LogP contribution in [0.5, 0.6) is 0 Å². The van der Waals surface area contributed by atoms with Crippen LogP contribution in [0.2, 0.25) is 0 Å². The molecule has 7 nitrogen and oxygen atoms in total. The molecule has 0 saturated carbocycles. The lowest BCUT2D eigenvalue weighted by Crippen LogP contribution is -2.44. The van der Waals surface area contributed by atoms with E-state index in [0.717, 1.165) is 29.1 Å². The van der Waals surface area contributed by atoms with Gasteiger partial charge in [-0.25, -0.2) is 8.42 Å². The lowest BCUT2D eigenvalue weighted by molar-refractivity contribution is -0.153. The van der Waals surface area contributed by atoms with Crippen molar-refractivity contribution in [1.29, 1.82) is 0 Å². The minimum Gasteiger partial charge on any atom is -0.455 e. The van der Waals surface area contributed by atoms with Crippen LogP contribution in [-0.2, 0) is 24.3 Å². The smallest absolute Gasteiger partial charge is 0.321 e. The van der Waals surface area contributed by atoms with E-state index in [0.29, 0.717) is 6.54 Å². The molecule has 0 spiro atoms. The largest absolute Gasteiger partial charge is 0.455 e. The standard InChI is InChI=1S/C18H26N2O5S/c1-14-7-9-16(10-8-14)26(23,24)19(3)12-18(22)25-13-17(21)20-11-5-4-6-15(20)2/h7-10,15H,4-6,11-13H2,1-3H3/t15-/m1/s1. The van der Waals surface area contributed by atoms with Crippen LogP contribution in [0.4, 0.5) is 0 Å². The molecule has 0 aliphatic carbocycles. The first kappa shape index (κ1) is 20.4. The second-order valence-corrected chi connectivity index (χ2v) is 8.71. The highest BCUT2D eigenvalue weighted by atomic mass is 32.2. The Morgan fingerprint density at radius 3 is 2.50 bits per heavy atom. The lowest BCUT2D eigenvalue weighted by atomic mass is 10.0. The lowest BCUT2D eigenvalue weighted by Gasteiger charge is -2.33. The average molecular weight is 382 g/mol. The van der Waals surface area contributed by atoms with Gasteiger partial charge in [0.15, 0.2) is 6.61 Å². The van der Waals surface area contributed by atoms with E-state index in [4.69, 9.17) is 4.74 Å². The summed E-state index contributed by atoms with van der Waals surface area (Å²) in [6, 6.07) is 6.51. The molecule has 0 radical (unpaired) electrons. The number of likely N-dealkylation sites (tertiary alicyclic amines) is 1. The van der Waals surface area contributed by atoms with Gasteiger partial charge in [-0.3, -0.25) is 9.59 Å². The molecule has 0 bridgehead atoms.